The number of carboxylic acid groups (broad SMARTS) is 1. The topological polar surface area (TPSA) is 126 Å². The summed E-state index contributed by atoms with van der Waals surface area (Å²) in [5.41, 5.74) is -1.58. The van der Waals surface area contributed by atoms with Crippen molar-refractivity contribution < 1.29 is 45.8 Å². The molecule has 0 atom stereocenters. The van der Waals surface area contributed by atoms with Crippen LogP contribution in [0, 0.1) is 6.92 Å². The van der Waals surface area contributed by atoms with E-state index in [2.05, 4.69) is 20.7 Å². The van der Waals surface area contributed by atoms with Gasteiger partial charge in [-0.2, -0.15) is 31.3 Å². The zero-order valence-electron chi connectivity index (χ0n) is 20.8. The molecule has 214 valence electrons. The van der Waals surface area contributed by atoms with Crippen molar-refractivity contribution in [3.8, 4) is 0 Å². The average molecular weight is 592 g/mol. The highest BCUT2D eigenvalue weighted by atomic mass is 35.5. The summed E-state index contributed by atoms with van der Waals surface area (Å²) in [6.07, 6.45) is -10.4. The first-order valence-electron chi connectivity index (χ1n) is 11.2. The highest BCUT2D eigenvalue weighted by Gasteiger charge is 2.44. The van der Waals surface area contributed by atoms with Crippen LogP contribution in [0.15, 0.2) is 36.4 Å². The lowest BCUT2D eigenvalue weighted by atomic mass is 10.0. The number of aromatic nitrogens is 3. The molecule has 2 amide bonds. The van der Waals surface area contributed by atoms with Gasteiger partial charge in [0.2, 0.25) is 5.82 Å². The molecule has 40 heavy (non-hydrogen) atoms. The molecule has 3 aromatic rings. The number of benzene rings is 2. The van der Waals surface area contributed by atoms with Crippen molar-refractivity contribution in [1.82, 2.24) is 20.1 Å². The van der Waals surface area contributed by atoms with E-state index in [0.29, 0.717) is 5.56 Å². The lowest BCUT2D eigenvalue weighted by Crippen LogP contribution is -2.50. The molecule has 0 saturated heterocycles. The minimum absolute atomic E-state index is 0.0886. The normalized spacial score (nSPS) is 12.2. The molecule has 0 radical (unpaired) electrons. The molecule has 0 bridgehead atoms. The predicted octanol–water partition coefficient (Wildman–Crippen LogP) is 5.17. The van der Waals surface area contributed by atoms with E-state index in [1.165, 1.54) is 57.2 Å². The number of halogens is 7. The number of nitrogens with one attached hydrogen (secondary N) is 2. The number of hydrogen-bond donors (Lipinski definition) is 3. The van der Waals surface area contributed by atoms with Crippen LogP contribution in [0.25, 0.3) is 0 Å². The summed E-state index contributed by atoms with van der Waals surface area (Å²) >= 11 is 6.13. The lowest BCUT2D eigenvalue weighted by molar-refractivity contribution is -0.151. The predicted molar refractivity (Wildman–Crippen MR) is 129 cm³/mol. The number of carbonyl (C=O) groups excluding carboxylic acids is 2. The van der Waals surface area contributed by atoms with Crippen LogP contribution in [0.5, 0.6) is 0 Å². The van der Waals surface area contributed by atoms with Gasteiger partial charge in [-0.25, -0.2) is 9.48 Å². The minimum atomic E-state index is -5.19. The molecular weight excluding hydrogens is 572 g/mol. The molecule has 0 aliphatic carbocycles. The van der Waals surface area contributed by atoms with Crippen molar-refractivity contribution in [3.05, 3.63) is 75.3 Å². The maximum absolute atomic E-state index is 13.2. The van der Waals surface area contributed by atoms with Gasteiger partial charge < -0.3 is 15.7 Å². The molecule has 2 aromatic carbocycles. The number of carboxylic acids is 1. The Morgan fingerprint density at radius 2 is 1.65 bits per heavy atom. The average Bonchev–Trinajstić information content (AvgIpc) is 3.25. The summed E-state index contributed by atoms with van der Waals surface area (Å²) < 4.78 is 78.5. The minimum Gasteiger partial charge on any atom is -0.480 e. The van der Waals surface area contributed by atoms with Gasteiger partial charge in [-0.05, 0) is 50.1 Å². The molecule has 0 unspecified atom stereocenters. The number of aryl methyl sites for hydroxylation is 1. The summed E-state index contributed by atoms with van der Waals surface area (Å²) in [5.74, 6) is -6.84. The smallest absolute Gasteiger partial charge is 0.453 e. The van der Waals surface area contributed by atoms with Gasteiger partial charge in [0.25, 0.3) is 17.6 Å². The second-order valence-electron chi connectivity index (χ2n) is 9.06. The fourth-order valence-electron chi connectivity index (χ4n) is 3.45. The Morgan fingerprint density at radius 1 is 1.00 bits per heavy atom. The zero-order valence-corrected chi connectivity index (χ0v) is 21.6. The van der Waals surface area contributed by atoms with Crippen LogP contribution in [0.1, 0.15) is 57.3 Å². The van der Waals surface area contributed by atoms with Gasteiger partial charge in [0.05, 0.1) is 22.7 Å². The summed E-state index contributed by atoms with van der Waals surface area (Å²) in [5, 5.41) is 16.9. The van der Waals surface area contributed by atoms with Gasteiger partial charge in [0, 0.05) is 5.69 Å². The third kappa shape index (κ3) is 6.70. The Morgan fingerprint density at radius 3 is 2.20 bits per heavy atom. The van der Waals surface area contributed by atoms with Gasteiger partial charge in [-0.3, -0.25) is 9.59 Å². The van der Waals surface area contributed by atoms with E-state index in [-0.39, 0.29) is 32.1 Å². The molecule has 0 aliphatic heterocycles. The number of nitrogens with zero attached hydrogens (tertiary/aromatic N) is 3. The third-order valence-corrected chi connectivity index (χ3v) is 5.81. The summed E-state index contributed by atoms with van der Waals surface area (Å²) in [6.45, 7) is 3.24. The number of hydrogen-bond acceptors (Lipinski definition) is 5. The molecule has 0 fully saturated rings. The zero-order chi connectivity index (χ0) is 30.2. The highest BCUT2D eigenvalue weighted by Crippen LogP contribution is 2.33. The van der Waals surface area contributed by atoms with Gasteiger partial charge in [0.1, 0.15) is 5.54 Å². The first-order chi connectivity index (χ1) is 18.3. The number of aliphatic carboxylic acids is 1. The summed E-state index contributed by atoms with van der Waals surface area (Å²) in [7, 11) is 0. The van der Waals surface area contributed by atoms with Gasteiger partial charge in [0.15, 0.2) is 0 Å². The SMILES string of the molecule is Cc1cc(Cn2nc(C(F)(F)F)nc2C(F)(F)F)ccc1NC(=O)c1cccc(Cl)c1C(=O)NC(C)(C)C(=O)O. The number of amides is 2. The highest BCUT2D eigenvalue weighted by molar-refractivity contribution is 6.35. The molecule has 3 N–H and O–H groups in total. The van der Waals surface area contributed by atoms with Crippen molar-refractivity contribution in [2.24, 2.45) is 0 Å². The molecule has 0 saturated carbocycles. The fourth-order valence-corrected chi connectivity index (χ4v) is 3.71. The molecule has 0 aliphatic rings. The molecule has 3 rings (SSSR count). The van der Waals surface area contributed by atoms with Crippen LogP contribution < -0.4 is 10.6 Å². The van der Waals surface area contributed by atoms with E-state index in [9.17, 15) is 45.8 Å². The van der Waals surface area contributed by atoms with E-state index in [4.69, 9.17) is 11.6 Å². The van der Waals surface area contributed by atoms with E-state index in [1.54, 1.807) is 0 Å². The van der Waals surface area contributed by atoms with Crippen LogP contribution >= 0.6 is 11.6 Å². The lowest BCUT2D eigenvalue weighted by Gasteiger charge is -2.22. The van der Waals surface area contributed by atoms with E-state index < -0.39 is 53.9 Å². The number of anilines is 1. The first-order valence-corrected chi connectivity index (χ1v) is 11.5. The molecule has 0 spiro atoms. The van der Waals surface area contributed by atoms with Crippen LogP contribution in [0.4, 0.5) is 32.0 Å². The Balaban J connectivity index is 1.87. The van der Waals surface area contributed by atoms with Crippen LogP contribution in [-0.4, -0.2) is 43.2 Å². The van der Waals surface area contributed by atoms with Crippen LogP contribution in [0.3, 0.4) is 0 Å². The van der Waals surface area contributed by atoms with Crippen molar-refractivity contribution in [1.29, 1.82) is 0 Å². The Hall–Kier alpha value is -4.14. The quantitative estimate of drug-likeness (QED) is 0.326. The maximum Gasteiger partial charge on any atom is 0.453 e. The van der Waals surface area contributed by atoms with Crippen molar-refractivity contribution in [3.63, 3.8) is 0 Å². The Bertz CT molecular complexity index is 1480. The number of alkyl halides is 6. The number of rotatable bonds is 7. The molecule has 16 heteroatoms. The van der Waals surface area contributed by atoms with Crippen molar-refractivity contribution in [2.75, 3.05) is 5.32 Å². The maximum atomic E-state index is 13.2. The third-order valence-electron chi connectivity index (χ3n) is 5.50. The Kier molecular flexibility index (Phi) is 8.20. The second kappa shape index (κ2) is 10.8. The molecule has 1 aromatic heterocycles. The van der Waals surface area contributed by atoms with Crippen molar-refractivity contribution in [2.45, 2.75) is 45.2 Å². The van der Waals surface area contributed by atoms with Crippen molar-refractivity contribution >= 4 is 35.1 Å². The summed E-state index contributed by atoms with van der Waals surface area (Å²) in [6, 6.07) is 7.87. The van der Waals surface area contributed by atoms with Gasteiger partial charge >= 0.3 is 18.3 Å². The van der Waals surface area contributed by atoms with E-state index >= 15 is 0 Å². The largest absolute Gasteiger partial charge is 0.480 e. The van der Waals surface area contributed by atoms with Gasteiger partial charge in [-0.15, -0.1) is 5.10 Å². The van der Waals surface area contributed by atoms with E-state index in [0.717, 1.165) is 0 Å². The Labute approximate surface area is 227 Å². The molecule has 9 nitrogen and oxygen atoms in total. The van der Waals surface area contributed by atoms with E-state index in [1.807, 2.05) is 0 Å². The second-order valence-corrected chi connectivity index (χ2v) is 9.47. The standard InChI is InChI=1S/C24H20ClF6N5O4/c1-11-9-12(10-36-20(24(29,30)31)33-19(35-36)23(26,27)28)7-8-15(11)32-17(37)13-5-4-6-14(25)16(13)18(38)34-22(2,3)21(39)40/h4-9H,10H2,1-3H3,(H,32,37)(H,34,38)(H,39,40). The van der Waals surface area contributed by atoms with Crippen LogP contribution in [-0.2, 0) is 23.7 Å². The first kappa shape index (κ1) is 30.4. The number of carbonyl (C=O) groups is 3. The van der Waals surface area contributed by atoms with Gasteiger partial charge in [-0.1, -0.05) is 29.8 Å². The molecule has 1 heterocycles. The fraction of sp³-hybridized carbons (Fsp3) is 0.292. The summed E-state index contributed by atoms with van der Waals surface area (Å²) in [4.78, 5) is 39.8. The van der Waals surface area contributed by atoms with Crippen LogP contribution in [0.2, 0.25) is 5.02 Å². The molecular formula is C24H20ClF6N5O4. The monoisotopic (exact) mass is 591 g/mol.